The Kier molecular flexibility index (Phi) is 8.51. The van der Waals surface area contributed by atoms with Crippen molar-refractivity contribution >= 4 is 0 Å². The lowest BCUT2D eigenvalue weighted by Gasteiger charge is -2.13. The minimum atomic E-state index is 0.708. The SMILES string of the molecule is CCCCCCOCCOCC[n+]1ccc2c(c1)CCCC2. The Labute approximate surface area is 135 Å². The molecule has 22 heavy (non-hydrogen) atoms. The summed E-state index contributed by atoms with van der Waals surface area (Å²) >= 11 is 0. The number of rotatable bonds is 11. The Hall–Kier alpha value is -0.930. The maximum Gasteiger partial charge on any atom is 0.172 e. The number of pyridine rings is 1. The molecule has 0 saturated carbocycles. The van der Waals surface area contributed by atoms with E-state index in [2.05, 4.69) is 30.0 Å². The lowest BCUT2D eigenvalue weighted by molar-refractivity contribution is -0.699. The molecule has 3 heteroatoms. The molecule has 0 unspecified atom stereocenters. The molecule has 0 fully saturated rings. The van der Waals surface area contributed by atoms with E-state index in [9.17, 15) is 0 Å². The highest BCUT2D eigenvalue weighted by Gasteiger charge is 2.13. The van der Waals surface area contributed by atoms with Crippen LogP contribution in [0.25, 0.3) is 0 Å². The summed E-state index contributed by atoms with van der Waals surface area (Å²) < 4.78 is 13.5. The highest BCUT2D eigenvalue weighted by atomic mass is 16.5. The molecule has 1 aromatic rings. The summed E-state index contributed by atoms with van der Waals surface area (Å²) in [5.74, 6) is 0. The van der Waals surface area contributed by atoms with Crippen molar-refractivity contribution in [1.29, 1.82) is 0 Å². The number of hydrogen-bond donors (Lipinski definition) is 0. The molecule has 3 nitrogen and oxygen atoms in total. The lowest BCUT2D eigenvalue weighted by atomic mass is 9.93. The van der Waals surface area contributed by atoms with Crippen LogP contribution in [0.3, 0.4) is 0 Å². The third-order valence-corrected chi connectivity index (χ3v) is 4.35. The van der Waals surface area contributed by atoms with Gasteiger partial charge < -0.3 is 9.47 Å². The second kappa shape index (κ2) is 10.7. The topological polar surface area (TPSA) is 22.3 Å². The van der Waals surface area contributed by atoms with Crippen LogP contribution >= 0.6 is 0 Å². The van der Waals surface area contributed by atoms with Gasteiger partial charge in [-0.25, -0.2) is 4.57 Å². The fourth-order valence-corrected chi connectivity index (χ4v) is 2.98. The van der Waals surface area contributed by atoms with E-state index >= 15 is 0 Å². The first-order valence-electron chi connectivity index (χ1n) is 9.06. The average molecular weight is 306 g/mol. The van der Waals surface area contributed by atoms with Crippen LogP contribution in [0.5, 0.6) is 0 Å². The molecule has 0 N–H and O–H groups in total. The van der Waals surface area contributed by atoms with Gasteiger partial charge in [0.05, 0.1) is 13.2 Å². The van der Waals surface area contributed by atoms with Crippen LogP contribution < -0.4 is 4.57 Å². The molecule has 124 valence electrons. The van der Waals surface area contributed by atoms with Gasteiger partial charge in [0, 0.05) is 18.2 Å². The largest absolute Gasteiger partial charge is 0.379 e. The first kappa shape index (κ1) is 17.4. The van der Waals surface area contributed by atoms with Crippen molar-refractivity contribution in [2.24, 2.45) is 0 Å². The van der Waals surface area contributed by atoms with Crippen molar-refractivity contribution in [3.05, 3.63) is 29.6 Å². The number of aromatic nitrogens is 1. The molecular weight excluding hydrogens is 274 g/mol. The quantitative estimate of drug-likeness (QED) is 0.461. The summed E-state index contributed by atoms with van der Waals surface area (Å²) in [6.07, 6.45) is 14.7. The molecule has 1 aliphatic carbocycles. The van der Waals surface area contributed by atoms with Crippen LogP contribution in [0.2, 0.25) is 0 Å². The minimum Gasteiger partial charge on any atom is -0.379 e. The molecular formula is C19H32NO2+. The van der Waals surface area contributed by atoms with E-state index in [1.165, 1.54) is 56.9 Å². The number of aryl methyl sites for hydroxylation is 2. The van der Waals surface area contributed by atoms with Gasteiger partial charge in [-0.2, -0.15) is 0 Å². The van der Waals surface area contributed by atoms with Crippen molar-refractivity contribution in [3.8, 4) is 0 Å². The molecule has 0 atom stereocenters. The zero-order valence-corrected chi connectivity index (χ0v) is 14.2. The zero-order chi connectivity index (χ0) is 15.5. The summed E-state index contributed by atoms with van der Waals surface area (Å²) in [4.78, 5) is 0. The van der Waals surface area contributed by atoms with Crippen molar-refractivity contribution < 1.29 is 14.0 Å². The van der Waals surface area contributed by atoms with Crippen molar-refractivity contribution in [2.45, 2.75) is 64.8 Å². The van der Waals surface area contributed by atoms with Crippen molar-refractivity contribution in [3.63, 3.8) is 0 Å². The van der Waals surface area contributed by atoms with Gasteiger partial charge in [-0.05, 0) is 37.7 Å². The van der Waals surface area contributed by atoms with Crippen LogP contribution in [0.15, 0.2) is 18.5 Å². The molecule has 0 radical (unpaired) electrons. The molecule has 0 spiro atoms. The van der Waals surface area contributed by atoms with Crippen molar-refractivity contribution in [1.82, 2.24) is 0 Å². The number of nitrogens with zero attached hydrogens (tertiary/aromatic N) is 1. The Balaban J connectivity index is 1.50. The third-order valence-electron chi connectivity index (χ3n) is 4.35. The molecule has 1 heterocycles. The fraction of sp³-hybridized carbons (Fsp3) is 0.737. The number of ether oxygens (including phenoxy) is 2. The van der Waals surface area contributed by atoms with Crippen LogP contribution in [0, 0.1) is 0 Å². The standard InChI is InChI=1S/C19H32NO2/c1-2-3-4-7-13-21-15-16-22-14-12-20-11-10-18-8-5-6-9-19(18)17-20/h10-11,17H,2-9,12-16H2,1H3/q+1. The molecule has 0 saturated heterocycles. The Bertz CT molecular complexity index is 420. The van der Waals surface area contributed by atoms with E-state index in [4.69, 9.17) is 9.47 Å². The Morgan fingerprint density at radius 3 is 2.50 bits per heavy atom. The van der Waals surface area contributed by atoms with E-state index in [1.54, 1.807) is 5.56 Å². The monoisotopic (exact) mass is 306 g/mol. The fourth-order valence-electron chi connectivity index (χ4n) is 2.98. The van der Waals surface area contributed by atoms with Gasteiger partial charge >= 0.3 is 0 Å². The Morgan fingerprint density at radius 2 is 1.68 bits per heavy atom. The highest BCUT2D eigenvalue weighted by Crippen LogP contribution is 2.18. The van der Waals surface area contributed by atoms with Gasteiger partial charge in [0.2, 0.25) is 0 Å². The van der Waals surface area contributed by atoms with E-state index in [0.29, 0.717) is 6.61 Å². The molecule has 1 aromatic heterocycles. The van der Waals surface area contributed by atoms with Crippen LogP contribution in [0.4, 0.5) is 0 Å². The summed E-state index contributed by atoms with van der Waals surface area (Å²) in [5.41, 5.74) is 3.07. The summed E-state index contributed by atoms with van der Waals surface area (Å²) in [5, 5.41) is 0. The van der Waals surface area contributed by atoms with Gasteiger partial charge in [-0.1, -0.05) is 26.2 Å². The maximum atomic E-state index is 5.66. The minimum absolute atomic E-state index is 0.708. The smallest absolute Gasteiger partial charge is 0.172 e. The van der Waals surface area contributed by atoms with Gasteiger partial charge in [-0.3, -0.25) is 0 Å². The summed E-state index contributed by atoms with van der Waals surface area (Å²) in [6.45, 7) is 6.24. The maximum absolute atomic E-state index is 5.66. The lowest BCUT2D eigenvalue weighted by Crippen LogP contribution is -2.36. The normalized spacial score (nSPS) is 14.0. The number of fused-ring (bicyclic) bond motifs is 1. The van der Waals surface area contributed by atoms with Crippen LogP contribution in [-0.2, 0) is 28.9 Å². The van der Waals surface area contributed by atoms with E-state index in [0.717, 1.165) is 26.4 Å². The van der Waals surface area contributed by atoms with E-state index < -0.39 is 0 Å². The third kappa shape index (κ3) is 6.45. The number of hydrogen-bond acceptors (Lipinski definition) is 2. The average Bonchev–Trinajstić information content (AvgIpc) is 2.56. The molecule has 0 amide bonds. The Morgan fingerprint density at radius 1 is 0.909 bits per heavy atom. The molecule has 0 aromatic carbocycles. The first-order chi connectivity index (χ1) is 10.9. The predicted octanol–water partition coefficient (Wildman–Crippen LogP) is 3.47. The van der Waals surface area contributed by atoms with Crippen molar-refractivity contribution in [2.75, 3.05) is 26.4 Å². The predicted molar refractivity (Wildman–Crippen MR) is 89.1 cm³/mol. The van der Waals surface area contributed by atoms with Gasteiger partial charge in [-0.15, -0.1) is 0 Å². The first-order valence-corrected chi connectivity index (χ1v) is 9.06. The highest BCUT2D eigenvalue weighted by molar-refractivity contribution is 5.23. The van der Waals surface area contributed by atoms with E-state index in [-0.39, 0.29) is 0 Å². The zero-order valence-electron chi connectivity index (χ0n) is 14.2. The molecule has 1 aliphatic rings. The second-order valence-electron chi connectivity index (χ2n) is 6.23. The molecule has 0 aliphatic heterocycles. The molecule has 0 bridgehead atoms. The summed E-state index contributed by atoms with van der Waals surface area (Å²) in [7, 11) is 0. The summed E-state index contributed by atoms with van der Waals surface area (Å²) in [6, 6.07) is 2.29. The van der Waals surface area contributed by atoms with E-state index in [1.807, 2.05) is 0 Å². The van der Waals surface area contributed by atoms with Gasteiger partial charge in [0.1, 0.15) is 6.61 Å². The van der Waals surface area contributed by atoms with Gasteiger partial charge in [0.25, 0.3) is 0 Å². The second-order valence-corrected chi connectivity index (χ2v) is 6.23. The van der Waals surface area contributed by atoms with Crippen LogP contribution in [0.1, 0.15) is 56.6 Å². The van der Waals surface area contributed by atoms with Gasteiger partial charge in [0.15, 0.2) is 18.9 Å². The molecule has 2 rings (SSSR count). The van der Waals surface area contributed by atoms with Crippen LogP contribution in [-0.4, -0.2) is 26.4 Å². The number of unbranched alkanes of at least 4 members (excludes halogenated alkanes) is 3.